The SMILES string of the molecule is CCC(C)(C#N)C(=O)Nc1cccc(N(C)C)c1. The maximum Gasteiger partial charge on any atom is 0.244 e. The van der Waals surface area contributed by atoms with Gasteiger partial charge in [-0.1, -0.05) is 13.0 Å². The molecule has 1 aromatic rings. The fraction of sp³-hybridized carbons (Fsp3) is 0.429. The molecule has 18 heavy (non-hydrogen) atoms. The van der Waals surface area contributed by atoms with Gasteiger partial charge in [-0.25, -0.2) is 0 Å². The van der Waals surface area contributed by atoms with Crippen LogP contribution in [0.5, 0.6) is 0 Å². The molecule has 1 unspecified atom stereocenters. The smallest absolute Gasteiger partial charge is 0.244 e. The molecule has 0 fully saturated rings. The summed E-state index contributed by atoms with van der Waals surface area (Å²) in [6.45, 7) is 3.48. The molecule has 0 aromatic heterocycles. The molecule has 1 rings (SSSR count). The number of rotatable bonds is 4. The highest BCUT2D eigenvalue weighted by molar-refractivity contribution is 5.97. The van der Waals surface area contributed by atoms with Crippen LogP contribution in [0.1, 0.15) is 20.3 Å². The third kappa shape index (κ3) is 3.01. The first-order valence-electron chi connectivity index (χ1n) is 5.93. The lowest BCUT2D eigenvalue weighted by Crippen LogP contribution is -2.31. The molecule has 0 spiro atoms. The highest BCUT2D eigenvalue weighted by Crippen LogP contribution is 2.24. The Kier molecular flexibility index (Phi) is 4.33. The van der Waals surface area contributed by atoms with E-state index in [-0.39, 0.29) is 5.91 Å². The Morgan fingerprint density at radius 2 is 2.17 bits per heavy atom. The van der Waals surface area contributed by atoms with Crippen LogP contribution in [-0.4, -0.2) is 20.0 Å². The fourth-order valence-electron chi connectivity index (χ4n) is 1.42. The fourth-order valence-corrected chi connectivity index (χ4v) is 1.42. The second-order valence-corrected chi connectivity index (χ2v) is 4.70. The van der Waals surface area contributed by atoms with Gasteiger partial charge in [0.25, 0.3) is 0 Å². The Morgan fingerprint density at radius 1 is 1.50 bits per heavy atom. The van der Waals surface area contributed by atoms with E-state index in [1.807, 2.05) is 50.2 Å². The Bertz CT molecular complexity index is 476. The Morgan fingerprint density at radius 3 is 2.67 bits per heavy atom. The third-order valence-electron chi connectivity index (χ3n) is 3.08. The van der Waals surface area contributed by atoms with Crippen molar-refractivity contribution in [1.82, 2.24) is 0 Å². The molecule has 0 aliphatic carbocycles. The molecular weight excluding hydrogens is 226 g/mol. The van der Waals surface area contributed by atoms with Crippen molar-refractivity contribution in [2.24, 2.45) is 5.41 Å². The molecule has 1 amide bonds. The van der Waals surface area contributed by atoms with Crippen LogP contribution in [0.15, 0.2) is 24.3 Å². The van der Waals surface area contributed by atoms with Gasteiger partial charge in [-0.15, -0.1) is 0 Å². The summed E-state index contributed by atoms with van der Waals surface area (Å²) in [5, 5.41) is 11.8. The lowest BCUT2D eigenvalue weighted by Gasteiger charge is -2.19. The summed E-state index contributed by atoms with van der Waals surface area (Å²) in [5.74, 6) is -0.261. The van der Waals surface area contributed by atoms with E-state index in [2.05, 4.69) is 11.4 Å². The molecule has 0 aliphatic heterocycles. The van der Waals surface area contributed by atoms with Gasteiger partial charge in [0.05, 0.1) is 6.07 Å². The molecule has 0 saturated carbocycles. The standard InChI is InChI=1S/C14H19N3O/c1-5-14(2,10-15)13(18)16-11-7-6-8-12(9-11)17(3)4/h6-9H,5H2,1-4H3,(H,16,18). The third-order valence-corrected chi connectivity index (χ3v) is 3.08. The molecule has 4 nitrogen and oxygen atoms in total. The minimum Gasteiger partial charge on any atom is -0.378 e. The molecule has 4 heteroatoms. The van der Waals surface area contributed by atoms with E-state index < -0.39 is 5.41 Å². The van der Waals surface area contributed by atoms with Crippen LogP contribution in [0.4, 0.5) is 11.4 Å². The number of benzene rings is 1. The molecule has 0 bridgehead atoms. The molecule has 0 radical (unpaired) electrons. The molecule has 1 N–H and O–H groups in total. The summed E-state index contributed by atoms with van der Waals surface area (Å²) in [5.41, 5.74) is 0.734. The molecule has 0 aliphatic rings. The van der Waals surface area contributed by atoms with Gasteiger partial charge in [0.15, 0.2) is 0 Å². The number of nitrogens with one attached hydrogen (secondary N) is 1. The van der Waals surface area contributed by atoms with Crippen LogP contribution in [0.3, 0.4) is 0 Å². The van der Waals surface area contributed by atoms with E-state index in [1.165, 1.54) is 0 Å². The van der Waals surface area contributed by atoms with Crippen LogP contribution >= 0.6 is 0 Å². The minimum absolute atomic E-state index is 0.261. The van der Waals surface area contributed by atoms with Crippen molar-refractivity contribution < 1.29 is 4.79 Å². The van der Waals surface area contributed by atoms with Crippen LogP contribution in [0, 0.1) is 16.7 Å². The predicted octanol–water partition coefficient (Wildman–Crippen LogP) is 2.63. The van der Waals surface area contributed by atoms with E-state index in [0.717, 1.165) is 5.69 Å². The number of carbonyl (C=O) groups excluding carboxylic acids is 1. The summed E-state index contributed by atoms with van der Waals surface area (Å²) in [6, 6.07) is 9.59. The summed E-state index contributed by atoms with van der Waals surface area (Å²) in [6.07, 6.45) is 0.489. The van der Waals surface area contributed by atoms with Crippen molar-refractivity contribution in [1.29, 1.82) is 5.26 Å². The highest BCUT2D eigenvalue weighted by atomic mass is 16.2. The summed E-state index contributed by atoms with van der Waals surface area (Å²) in [4.78, 5) is 14.0. The highest BCUT2D eigenvalue weighted by Gasteiger charge is 2.31. The Balaban J connectivity index is 2.89. The molecular formula is C14H19N3O. The lowest BCUT2D eigenvalue weighted by atomic mass is 9.88. The second-order valence-electron chi connectivity index (χ2n) is 4.70. The topological polar surface area (TPSA) is 56.1 Å². The summed E-state index contributed by atoms with van der Waals surface area (Å²) >= 11 is 0. The first-order valence-corrected chi connectivity index (χ1v) is 5.93. The van der Waals surface area contributed by atoms with Gasteiger partial charge < -0.3 is 10.2 Å². The number of hydrogen-bond acceptors (Lipinski definition) is 3. The molecule has 0 saturated heterocycles. The van der Waals surface area contributed by atoms with Crippen LogP contribution in [0.25, 0.3) is 0 Å². The van der Waals surface area contributed by atoms with E-state index in [0.29, 0.717) is 12.1 Å². The van der Waals surface area contributed by atoms with Crippen molar-refractivity contribution in [2.75, 3.05) is 24.3 Å². The van der Waals surface area contributed by atoms with Crippen molar-refractivity contribution in [2.45, 2.75) is 20.3 Å². The van der Waals surface area contributed by atoms with Crippen molar-refractivity contribution >= 4 is 17.3 Å². The number of anilines is 2. The summed E-state index contributed by atoms with van der Waals surface area (Å²) in [7, 11) is 3.87. The molecule has 0 heterocycles. The normalized spacial score (nSPS) is 13.3. The van der Waals surface area contributed by atoms with E-state index >= 15 is 0 Å². The van der Waals surface area contributed by atoms with Gasteiger partial charge in [0.2, 0.25) is 5.91 Å². The van der Waals surface area contributed by atoms with Crippen LogP contribution in [0.2, 0.25) is 0 Å². The number of nitriles is 1. The lowest BCUT2D eigenvalue weighted by molar-refractivity contribution is -0.122. The quantitative estimate of drug-likeness (QED) is 0.887. The predicted molar refractivity (Wildman–Crippen MR) is 73.4 cm³/mol. The van der Waals surface area contributed by atoms with Crippen molar-refractivity contribution in [3.8, 4) is 6.07 Å². The number of nitrogens with zero attached hydrogens (tertiary/aromatic N) is 2. The van der Waals surface area contributed by atoms with Gasteiger partial charge in [0, 0.05) is 25.5 Å². The second kappa shape index (κ2) is 5.54. The Hall–Kier alpha value is -2.02. The van der Waals surface area contributed by atoms with Crippen LogP contribution in [-0.2, 0) is 4.79 Å². The zero-order valence-electron chi connectivity index (χ0n) is 11.3. The van der Waals surface area contributed by atoms with Gasteiger partial charge in [-0.2, -0.15) is 5.26 Å². The Labute approximate surface area is 108 Å². The zero-order valence-corrected chi connectivity index (χ0v) is 11.3. The first-order chi connectivity index (χ1) is 8.42. The number of hydrogen-bond donors (Lipinski definition) is 1. The van der Waals surface area contributed by atoms with E-state index in [9.17, 15) is 4.79 Å². The number of carbonyl (C=O) groups is 1. The van der Waals surface area contributed by atoms with Gasteiger partial charge in [-0.05, 0) is 31.5 Å². The molecule has 1 aromatic carbocycles. The summed E-state index contributed by atoms with van der Waals surface area (Å²) < 4.78 is 0. The van der Waals surface area contributed by atoms with E-state index in [1.54, 1.807) is 6.92 Å². The van der Waals surface area contributed by atoms with E-state index in [4.69, 9.17) is 5.26 Å². The zero-order chi connectivity index (χ0) is 13.8. The van der Waals surface area contributed by atoms with Crippen molar-refractivity contribution in [3.05, 3.63) is 24.3 Å². The first kappa shape index (κ1) is 14.0. The van der Waals surface area contributed by atoms with Gasteiger partial charge in [0.1, 0.15) is 5.41 Å². The number of amides is 1. The average Bonchev–Trinajstić information content (AvgIpc) is 2.38. The maximum atomic E-state index is 12.0. The largest absolute Gasteiger partial charge is 0.378 e. The van der Waals surface area contributed by atoms with Gasteiger partial charge in [-0.3, -0.25) is 4.79 Å². The monoisotopic (exact) mass is 245 g/mol. The average molecular weight is 245 g/mol. The minimum atomic E-state index is -0.978. The molecule has 1 atom stereocenters. The van der Waals surface area contributed by atoms with Crippen molar-refractivity contribution in [3.63, 3.8) is 0 Å². The van der Waals surface area contributed by atoms with Crippen LogP contribution < -0.4 is 10.2 Å². The van der Waals surface area contributed by atoms with Gasteiger partial charge >= 0.3 is 0 Å². The molecule has 96 valence electrons. The maximum absolute atomic E-state index is 12.0.